The molecule has 3 aromatic heterocycles. The van der Waals surface area contributed by atoms with Crippen LogP contribution < -0.4 is 16.6 Å². The number of hydrogen-bond acceptors (Lipinski definition) is 6. The number of pyridine rings is 1. The molecule has 0 fully saturated rings. The Morgan fingerprint density at radius 3 is 3.00 bits per heavy atom. The lowest BCUT2D eigenvalue weighted by atomic mass is 9.92. The topological polar surface area (TPSA) is 123 Å². The molecule has 148 valence electrons. The molecule has 0 radical (unpaired) electrons. The van der Waals surface area contributed by atoms with E-state index in [0.29, 0.717) is 11.4 Å². The molecular formula is C20H20N6O3. The second-order valence-corrected chi connectivity index (χ2v) is 7.05. The summed E-state index contributed by atoms with van der Waals surface area (Å²) in [6.45, 7) is 1.41. The minimum absolute atomic E-state index is 0.170. The van der Waals surface area contributed by atoms with Gasteiger partial charge in [0.15, 0.2) is 5.82 Å². The number of aromatic amines is 1. The molecule has 1 aliphatic rings. The summed E-state index contributed by atoms with van der Waals surface area (Å²) in [7, 11) is 0. The van der Waals surface area contributed by atoms with Crippen LogP contribution in [0.1, 0.15) is 35.7 Å². The number of H-pyrrole nitrogens is 1. The number of aryl methyl sites for hydroxylation is 2. The van der Waals surface area contributed by atoms with Crippen LogP contribution in [0, 0.1) is 6.92 Å². The van der Waals surface area contributed by atoms with Crippen molar-refractivity contribution in [3.8, 4) is 11.4 Å². The largest absolute Gasteiger partial charge is 0.348 e. The summed E-state index contributed by atoms with van der Waals surface area (Å²) in [6.07, 6.45) is 9.03. The number of hydrogen-bond donors (Lipinski definition) is 2. The normalized spacial score (nSPS) is 15.6. The highest BCUT2D eigenvalue weighted by atomic mass is 16.2. The Balaban J connectivity index is 1.52. The van der Waals surface area contributed by atoms with E-state index in [4.69, 9.17) is 0 Å². The van der Waals surface area contributed by atoms with Crippen molar-refractivity contribution < 1.29 is 4.79 Å². The molecule has 1 amide bonds. The molecule has 1 aliphatic carbocycles. The highest BCUT2D eigenvalue weighted by molar-refractivity contribution is 5.76. The number of nitrogens with zero attached hydrogens (tertiary/aromatic N) is 4. The van der Waals surface area contributed by atoms with Crippen LogP contribution in [0.5, 0.6) is 0 Å². The highest BCUT2D eigenvalue weighted by Crippen LogP contribution is 2.29. The van der Waals surface area contributed by atoms with Gasteiger partial charge < -0.3 is 5.32 Å². The second-order valence-electron chi connectivity index (χ2n) is 7.05. The molecule has 0 bridgehead atoms. The summed E-state index contributed by atoms with van der Waals surface area (Å²) in [5, 5.41) is 2.96. The van der Waals surface area contributed by atoms with Crippen molar-refractivity contribution >= 4 is 5.91 Å². The predicted molar refractivity (Wildman–Crippen MR) is 105 cm³/mol. The first-order chi connectivity index (χ1) is 14.0. The maximum atomic E-state index is 12.5. The summed E-state index contributed by atoms with van der Waals surface area (Å²) >= 11 is 0. The average molecular weight is 392 g/mol. The van der Waals surface area contributed by atoms with E-state index in [1.807, 2.05) is 12.1 Å². The molecular weight excluding hydrogens is 372 g/mol. The lowest BCUT2D eigenvalue weighted by Gasteiger charge is -2.25. The van der Waals surface area contributed by atoms with Crippen molar-refractivity contribution in [1.82, 2.24) is 29.8 Å². The molecule has 3 aromatic rings. The maximum Gasteiger partial charge on any atom is 0.328 e. The summed E-state index contributed by atoms with van der Waals surface area (Å²) in [6, 6.07) is 3.52. The van der Waals surface area contributed by atoms with Crippen LogP contribution in [0.3, 0.4) is 0 Å². The van der Waals surface area contributed by atoms with Crippen LogP contribution >= 0.6 is 0 Å². The smallest absolute Gasteiger partial charge is 0.328 e. The third-order valence-electron chi connectivity index (χ3n) is 4.94. The maximum absolute atomic E-state index is 12.5. The molecule has 0 aromatic carbocycles. The molecule has 0 aliphatic heterocycles. The minimum Gasteiger partial charge on any atom is -0.348 e. The SMILES string of the molecule is Cc1cn(CC(=O)N[C@H]2CCCc3nc(-c4cccnc4)ncc32)c(=O)[nH]c1=O. The number of rotatable bonds is 4. The van der Waals surface area contributed by atoms with Crippen LogP contribution in [0.25, 0.3) is 11.4 Å². The predicted octanol–water partition coefficient (Wildman–Crippen LogP) is 0.891. The van der Waals surface area contributed by atoms with Crippen molar-refractivity contribution in [2.45, 2.75) is 38.8 Å². The quantitative estimate of drug-likeness (QED) is 0.680. The van der Waals surface area contributed by atoms with E-state index in [2.05, 4.69) is 25.3 Å². The van der Waals surface area contributed by atoms with Crippen LogP contribution in [-0.2, 0) is 17.8 Å². The van der Waals surface area contributed by atoms with Crippen molar-refractivity contribution in [1.29, 1.82) is 0 Å². The number of amides is 1. The minimum atomic E-state index is -0.607. The van der Waals surface area contributed by atoms with Gasteiger partial charge in [-0.3, -0.25) is 24.1 Å². The monoisotopic (exact) mass is 392 g/mol. The van der Waals surface area contributed by atoms with Crippen LogP contribution in [0.4, 0.5) is 0 Å². The molecule has 9 nitrogen and oxygen atoms in total. The van der Waals surface area contributed by atoms with Crippen molar-refractivity contribution in [2.75, 3.05) is 0 Å². The van der Waals surface area contributed by atoms with E-state index in [1.54, 1.807) is 25.5 Å². The molecule has 0 saturated carbocycles. The fourth-order valence-corrected chi connectivity index (χ4v) is 3.46. The van der Waals surface area contributed by atoms with Gasteiger partial charge in [0.05, 0.1) is 6.04 Å². The van der Waals surface area contributed by atoms with E-state index in [-0.39, 0.29) is 18.5 Å². The number of carbonyl (C=O) groups is 1. The number of carbonyl (C=O) groups excluding carboxylic acids is 1. The first kappa shape index (κ1) is 18.7. The van der Waals surface area contributed by atoms with E-state index >= 15 is 0 Å². The third kappa shape index (κ3) is 3.98. The first-order valence-corrected chi connectivity index (χ1v) is 9.37. The molecule has 0 unspecified atom stereocenters. The number of fused-ring (bicyclic) bond motifs is 1. The lowest BCUT2D eigenvalue weighted by molar-refractivity contribution is -0.122. The van der Waals surface area contributed by atoms with Gasteiger partial charge in [0, 0.05) is 47.2 Å². The van der Waals surface area contributed by atoms with Gasteiger partial charge in [-0.2, -0.15) is 0 Å². The van der Waals surface area contributed by atoms with Crippen LogP contribution in [0.2, 0.25) is 0 Å². The number of aromatic nitrogens is 5. The van der Waals surface area contributed by atoms with Gasteiger partial charge in [0.25, 0.3) is 5.56 Å². The molecule has 2 N–H and O–H groups in total. The van der Waals surface area contributed by atoms with E-state index in [9.17, 15) is 14.4 Å². The molecule has 29 heavy (non-hydrogen) atoms. The van der Waals surface area contributed by atoms with Gasteiger partial charge in [-0.25, -0.2) is 14.8 Å². The molecule has 3 heterocycles. The zero-order chi connectivity index (χ0) is 20.4. The summed E-state index contributed by atoms with van der Waals surface area (Å²) in [4.78, 5) is 51.3. The summed E-state index contributed by atoms with van der Waals surface area (Å²) in [5.74, 6) is 0.298. The Morgan fingerprint density at radius 1 is 1.34 bits per heavy atom. The van der Waals surface area contributed by atoms with Gasteiger partial charge in [-0.05, 0) is 38.3 Å². The average Bonchev–Trinajstić information content (AvgIpc) is 2.72. The molecule has 4 rings (SSSR count). The van der Waals surface area contributed by atoms with Crippen LogP contribution in [-0.4, -0.2) is 30.4 Å². The van der Waals surface area contributed by atoms with Gasteiger partial charge >= 0.3 is 5.69 Å². The highest BCUT2D eigenvalue weighted by Gasteiger charge is 2.24. The Kier molecular flexibility index (Phi) is 5.03. The van der Waals surface area contributed by atoms with Crippen LogP contribution in [0.15, 0.2) is 46.5 Å². The molecule has 1 atom stereocenters. The first-order valence-electron chi connectivity index (χ1n) is 9.37. The van der Waals surface area contributed by atoms with Gasteiger partial charge in [-0.15, -0.1) is 0 Å². The van der Waals surface area contributed by atoms with E-state index in [0.717, 1.165) is 36.1 Å². The zero-order valence-electron chi connectivity index (χ0n) is 15.9. The number of nitrogens with one attached hydrogen (secondary N) is 2. The Bertz CT molecular complexity index is 1170. The summed E-state index contributed by atoms with van der Waals surface area (Å²) in [5.41, 5.74) is 1.96. The van der Waals surface area contributed by atoms with Crippen molar-refractivity contribution in [2.24, 2.45) is 0 Å². The Hall–Kier alpha value is -3.62. The Labute approximate surface area is 165 Å². The van der Waals surface area contributed by atoms with E-state index in [1.165, 1.54) is 10.8 Å². The van der Waals surface area contributed by atoms with E-state index < -0.39 is 11.2 Å². The summed E-state index contributed by atoms with van der Waals surface area (Å²) < 4.78 is 1.19. The van der Waals surface area contributed by atoms with Gasteiger partial charge in [0.1, 0.15) is 6.54 Å². The second kappa shape index (κ2) is 7.78. The lowest BCUT2D eigenvalue weighted by Crippen LogP contribution is -2.38. The zero-order valence-corrected chi connectivity index (χ0v) is 15.9. The molecule has 9 heteroatoms. The molecule has 0 spiro atoms. The standard InChI is InChI=1S/C20H20N6O3/c1-12-10-26(20(29)25-19(12)28)11-17(27)23-15-5-2-6-16-14(15)9-22-18(24-16)13-4-3-7-21-8-13/h3-4,7-10,15H,2,5-6,11H2,1H3,(H,23,27)(H,25,28,29)/t15-/m0/s1. The third-order valence-corrected chi connectivity index (χ3v) is 4.94. The Morgan fingerprint density at radius 2 is 2.21 bits per heavy atom. The van der Waals surface area contributed by atoms with Crippen molar-refractivity contribution in [3.63, 3.8) is 0 Å². The molecule has 0 saturated heterocycles. The van der Waals surface area contributed by atoms with Crippen molar-refractivity contribution in [3.05, 3.63) is 74.6 Å². The fourth-order valence-electron chi connectivity index (χ4n) is 3.46. The fraction of sp³-hybridized carbons (Fsp3) is 0.300. The van der Waals surface area contributed by atoms with Gasteiger partial charge in [0.2, 0.25) is 5.91 Å². The van der Waals surface area contributed by atoms with Gasteiger partial charge in [-0.1, -0.05) is 0 Å².